The maximum absolute atomic E-state index is 12.0. The Hall–Kier alpha value is -1.81. The molecule has 0 saturated carbocycles. The summed E-state index contributed by atoms with van der Waals surface area (Å²) >= 11 is 0. The van der Waals surface area contributed by atoms with Crippen molar-refractivity contribution in [2.45, 2.75) is 6.42 Å². The number of rotatable bonds is 2. The second kappa shape index (κ2) is 4.14. The van der Waals surface area contributed by atoms with Crippen molar-refractivity contribution in [3.8, 4) is 0 Å². The first-order valence-corrected chi connectivity index (χ1v) is 6.16. The lowest BCUT2D eigenvalue weighted by Crippen LogP contribution is -2.25. The van der Waals surface area contributed by atoms with E-state index in [4.69, 9.17) is 0 Å². The Morgan fingerprint density at radius 2 is 2.22 bits per heavy atom. The Balaban J connectivity index is 2.07. The van der Waals surface area contributed by atoms with Gasteiger partial charge in [0.1, 0.15) is 0 Å². The molecule has 1 aliphatic rings. The first-order chi connectivity index (χ1) is 8.70. The van der Waals surface area contributed by atoms with Gasteiger partial charge in [-0.15, -0.1) is 0 Å². The number of amides is 1. The Bertz CT molecular complexity index is 603. The highest BCUT2D eigenvalue weighted by molar-refractivity contribution is 6.04. The zero-order chi connectivity index (χ0) is 12.7. The second-order valence-corrected chi connectivity index (χ2v) is 4.89. The molecule has 1 aliphatic heterocycles. The van der Waals surface area contributed by atoms with Gasteiger partial charge in [0.15, 0.2) is 0 Å². The van der Waals surface area contributed by atoms with E-state index in [1.54, 1.807) is 4.90 Å². The van der Waals surface area contributed by atoms with E-state index in [9.17, 15) is 9.90 Å². The van der Waals surface area contributed by atoms with Crippen molar-refractivity contribution in [2.24, 2.45) is 13.0 Å². The quantitative estimate of drug-likeness (QED) is 0.870. The topological polar surface area (TPSA) is 45.5 Å². The number of nitrogens with zero attached hydrogens (tertiary/aromatic N) is 2. The first-order valence-electron chi connectivity index (χ1n) is 6.16. The normalized spacial score (nSPS) is 20.0. The van der Waals surface area contributed by atoms with Crippen LogP contribution in [0.1, 0.15) is 6.42 Å². The van der Waals surface area contributed by atoms with E-state index < -0.39 is 0 Å². The molecule has 0 aliphatic carbocycles. The minimum Gasteiger partial charge on any atom is -0.396 e. The van der Waals surface area contributed by atoms with Gasteiger partial charge in [-0.1, -0.05) is 6.07 Å². The molecule has 1 saturated heterocycles. The fraction of sp³-hybridized carbons (Fsp3) is 0.357. The van der Waals surface area contributed by atoms with Gasteiger partial charge in [0.05, 0.1) is 5.69 Å². The summed E-state index contributed by atoms with van der Waals surface area (Å²) in [6, 6.07) is 8.02. The van der Waals surface area contributed by atoms with Crippen molar-refractivity contribution in [2.75, 3.05) is 18.1 Å². The molecular weight excluding hydrogens is 228 g/mol. The number of hydrogen-bond acceptors (Lipinski definition) is 2. The molecule has 1 N–H and O–H groups in total. The van der Waals surface area contributed by atoms with E-state index in [1.807, 2.05) is 42.1 Å². The molecule has 1 fully saturated rings. The van der Waals surface area contributed by atoms with E-state index in [1.165, 1.54) is 0 Å². The van der Waals surface area contributed by atoms with E-state index in [0.29, 0.717) is 13.0 Å². The van der Waals surface area contributed by atoms with Crippen LogP contribution in [-0.4, -0.2) is 28.7 Å². The third-order valence-corrected chi connectivity index (χ3v) is 3.66. The molecule has 1 aromatic heterocycles. The van der Waals surface area contributed by atoms with Crippen molar-refractivity contribution < 1.29 is 9.90 Å². The van der Waals surface area contributed by atoms with E-state index in [2.05, 4.69) is 0 Å². The Morgan fingerprint density at radius 1 is 1.39 bits per heavy atom. The van der Waals surface area contributed by atoms with Crippen LogP contribution in [0.25, 0.3) is 10.9 Å². The third kappa shape index (κ3) is 1.61. The van der Waals surface area contributed by atoms with E-state index in [-0.39, 0.29) is 18.4 Å². The number of aliphatic hydroxyl groups is 1. The molecule has 0 spiro atoms. The maximum Gasteiger partial charge on any atom is 0.227 e. The molecule has 4 nitrogen and oxygen atoms in total. The molecule has 0 bridgehead atoms. The summed E-state index contributed by atoms with van der Waals surface area (Å²) in [5.41, 5.74) is 2.07. The van der Waals surface area contributed by atoms with Gasteiger partial charge in [-0.2, -0.15) is 0 Å². The molecule has 3 rings (SSSR count). The van der Waals surface area contributed by atoms with Crippen LogP contribution < -0.4 is 4.90 Å². The molecule has 18 heavy (non-hydrogen) atoms. The molecular formula is C14H16N2O2. The summed E-state index contributed by atoms with van der Waals surface area (Å²) in [5, 5.41) is 10.3. The largest absolute Gasteiger partial charge is 0.396 e. The van der Waals surface area contributed by atoms with Crippen molar-refractivity contribution in [1.29, 1.82) is 0 Å². The average Bonchev–Trinajstić information content (AvgIpc) is 2.93. The smallest absolute Gasteiger partial charge is 0.227 e. The van der Waals surface area contributed by atoms with Crippen molar-refractivity contribution in [1.82, 2.24) is 4.57 Å². The highest BCUT2D eigenvalue weighted by atomic mass is 16.3. The number of hydrogen-bond donors (Lipinski definition) is 1. The van der Waals surface area contributed by atoms with Crippen LogP contribution in [0.15, 0.2) is 30.5 Å². The summed E-state index contributed by atoms with van der Waals surface area (Å²) < 4.78 is 2.04. The number of carbonyl (C=O) groups excluding carboxylic acids is 1. The molecule has 1 atom stereocenters. The number of anilines is 1. The maximum atomic E-state index is 12.0. The van der Waals surface area contributed by atoms with E-state index >= 15 is 0 Å². The van der Waals surface area contributed by atoms with Crippen LogP contribution in [0.4, 0.5) is 5.69 Å². The van der Waals surface area contributed by atoms with Gasteiger partial charge in [-0.3, -0.25) is 4.79 Å². The van der Waals surface area contributed by atoms with Gasteiger partial charge in [-0.25, -0.2) is 0 Å². The molecule has 4 heteroatoms. The summed E-state index contributed by atoms with van der Waals surface area (Å²) in [7, 11) is 1.99. The van der Waals surface area contributed by atoms with Crippen LogP contribution in [-0.2, 0) is 11.8 Å². The fourth-order valence-electron chi connectivity index (χ4n) is 2.66. The summed E-state index contributed by atoms with van der Waals surface area (Å²) in [4.78, 5) is 13.8. The fourth-order valence-corrected chi connectivity index (χ4v) is 2.66. The van der Waals surface area contributed by atoms with Crippen molar-refractivity contribution >= 4 is 22.5 Å². The molecule has 94 valence electrons. The standard InChI is InChI=1S/C14H16N2O2/c1-15-6-5-11-12(15)3-2-4-13(11)16-8-10(9-17)7-14(16)18/h2-6,10,17H,7-9H2,1H3. The molecule has 2 heterocycles. The number of carbonyl (C=O) groups is 1. The van der Waals surface area contributed by atoms with Crippen molar-refractivity contribution in [3.63, 3.8) is 0 Å². The minimum absolute atomic E-state index is 0.0662. The van der Waals surface area contributed by atoms with Crippen LogP contribution in [0.2, 0.25) is 0 Å². The SMILES string of the molecule is Cn1ccc2c(N3CC(CO)CC3=O)cccc21. The van der Waals surface area contributed by atoms with Crippen LogP contribution in [0, 0.1) is 5.92 Å². The highest BCUT2D eigenvalue weighted by Gasteiger charge is 2.30. The Kier molecular flexibility index (Phi) is 2.59. The van der Waals surface area contributed by atoms with E-state index in [0.717, 1.165) is 16.6 Å². The van der Waals surface area contributed by atoms with Gasteiger partial charge in [0, 0.05) is 49.6 Å². The van der Waals surface area contributed by atoms with Crippen LogP contribution in [0.3, 0.4) is 0 Å². The average molecular weight is 244 g/mol. The summed E-state index contributed by atoms with van der Waals surface area (Å²) in [6.45, 7) is 0.691. The lowest BCUT2D eigenvalue weighted by atomic mass is 10.1. The third-order valence-electron chi connectivity index (χ3n) is 3.66. The summed E-state index contributed by atoms with van der Waals surface area (Å²) in [5.74, 6) is 0.168. The first kappa shape index (κ1) is 11.3. The van der Waals surface area contributed by atoms with Gasteiger partial charge in [0.25, 0.3) is 0 Å². The lowest BCUT2D eigenvalue weighted by molar-refractivity contribution is -0.117. The van der Waals surface area contributed by atoms with Gasteiger partial charge in [0.2, 0.25) is 5.91 Å². The monoisotopic (exact) mass is 244 g/mol. The zero-order valence-electron chi connectivity index (χ0n) is 10.3. The number of benzene rings is 1. The number of aryl methyl sites for hydroxylation is 1. The van der Waals surface area contributed by atoms with Crippen LogP contribution in [0.5, 0.6) is 0 Å². The van der Waals surface area contributed by atoms with Gasteiger partial charge < -0.3 is 14.6 Å². The molecule has 2 aromatic rings. The molecule has 1 amide bonds. The molecule has 1 unspecified atom stereocenters. The number of fused-ring (bicyclic) bond motifs is 1. The Morgan fingerprint density at radius 3 is 2.94 bits per heavy atom. The predicted molar refractivity (Wildman–Crippen MR) is 70.5 cm³/mol. The van der Waals surface area contributed by atoms with Crippen molar-refractivity contribution in [3.05, 3.63) is 30.5 Å². The van der Waals surface area contributed by atoms with Crippen LogP contribution >= 0.6 is 0 Å². The number of aliphatic hydroxyl groups excluding tert-OH is 1. The summed E-state index contributed by atoms with van der Waals surface area (Å²) in [6.07, 6.45) is 2.44. The predicted octanol–water partition coefficient (Wildman–Crippen LogP) is 1.52. The second-order valence-electron chi connectivity index (χ2n) is 4.89. The van der Waals surface area contributed by atoms with Gasteiger partial charge >= 0.3 is 0 Å². The Labute approximate surface area is 105 Å². The molecule has 1 aromatic carbocycles. The zero-order valence-corrected chi connectivity index (χ0v) is 10.3. The molecule has 0 radical (unpaired) electrons. The lowest BCUT2D eigenvalue weighted by Gasteiger charge is -2.17. The number of aromatic nitrogens is 1. The highest BCUT2D eigenvalue weighted by Crippen LogP contribution is 2.31. The van der Waals surface area contributed by atoms with Gasteiger partial charge in [-0.05, 0) is 18.2 Å². The minimum atomic E-state index is 0.0662.